The van der Waals surface area contributed by atoms with Gasteiger partial charge in [0, 0.05) is 26.1 Å². The number of likely N-dealkylation sites (tertiary alicyclic amines) is 1. The van der Waals surface area contributed by atoms with Gasteiger partial charge in [-0.1, -0.05) is 13.8 Å². The monoisotopic (exact) mass is 170 g/mol. The van der Waals surface area contributed by atoms with Crippen LogP contribution in [0.15, 0.2) is 0 Å². The van der Waals surface area contributed by atoms with Crippen LogP contribution < -0.4 is 5.73 Å². The first kappa shape index (κ1) is 9.52. The van der Waals surface area contributed by atoms with Crippen molar-refractivity contribution in [3.05, 3.63) is 0 Å². The third-order valence-electron chi connectivity index (χ3n) is 2.59. The summed E-state index contributed by atoms with van der Waals surface area (Å²) < 4.78 is 0. The number of carbonyl (C=O) groups excluding carboxylic acids is 1. The van der Waals surface area contributed by atoms with Crippen LogP contribution in [-0.4, -0.2) is 30.4 Å². The molecule has 0 aromatic carbocycles. The third-order valence-corrected chi connectivity index (χ3v) is 2.59. The molecule has 1 amide bonds. The molecule has 0 bridgehead atoms. The molecule has 70 valence electrons. The number of nitrogens with zero attached hydrogens (tertiary/aromatic N) is 1. The predicted octanol–water partition coefficient (Wildman–Crippen LogP) is 0.450. The standard InChI is InChI=1S/C9H18N2O/c1-7(2)8-5-9(12)11(6-8)4-3-10/h7-8H,3-6,10H2,1-2H3. The van der Waals surface area contributed by atoms with Crippen molar-refractivity contribution in [3.63, 3.8) is 0 Å². The van der Waals surface area contributed by atoms with Crippen LogP contribution >= 0.6 is 0 Å². The van der Waals surface area contributed by atoms with Gasteiger partial charge in [-0.15, -0.1) is 0 Å². The Balaban J connectivity index is 2.44. The summed E-state index contributed by atoms with van der Waals surface area (Å²) >= 11 is 0. The van der Waals surface area contributed by atoms with Gasteiger partial charge in [0.25, 0.3) is 0 Å². The van der Waals surface area contributed by atoms with Crippen LogP contribution in [0.3, 0.4) is 0 Å². The highest BCUT2D eigenvalue weighted by atomic mass is 16.2. The molecular weight excluding hydrogens is 152 g/mol. The highest BCUT2D eigenvalue weighted by molar-refractivity contribution is 5.78. The van der Waals surface area contributed by atoms with E-state index in [1.807, 2.05) is 4.90 Å². The topological polar surface area (TPSA) is 46.3 Å². The van der Waals surface area contributed by atoms with E-state index in [9.17, 15) is 4.79 Å². The van der Waals surface area contributed by atoms with Crippen molar-refractivity contribution in [2.75, 3.05) is 19.6 Å². The van der Waals surface area contributed by atoms with E-state index in [4.69, 9.17) is 5.73 Å². The van der Waals surface area contributed by atoms with Crippen molar-refractivity contribution < 1.29 is 4.79 Å². The molecule has 0 saturated carbocycles. The average molecular weight is 170 g/mol. The zero-order valence-corrected chi connectivity index (χ0v) is 7.92. The SMILES string of the molecule is CC(C)C1CC(=O)N(CCN)C1. The predicted molar refractivity (Wildman–Crippen MR) is 48.6 cm³/mol. The van der Waals surface area contributed by atoms with Crippen LogP contribution in [0.5, 0.6) is 0 Å². The van der Waals surface area contributed by atoms with E-state index >= 15 is 0 Å². The number of hydrogen-bond donors (Lipinski definition) is 1. The van der Waals surface area contributed by atoms with Gasteiger partial charge in [-0.25, -0.2) is 0 Å². The maximum atomic E-state index is 11.3. The summed E-state index contributed by atoms with van der Waals surface area (Å²) in [6.45, 7) is 6.56. The fourth-order valence-corrected chi connectivity index (χ4v) is 1.62. The molecule has 0 aliphatic carbocycles. The molecule has 1 aliphatic heterocycles. The minimum absolute atomic E-state index is 0.277. The van der Waals surface area contributed by atoms with Crippen LogP contribution in [0.4, 0.5) is 0 Å². The second-order valence-corrected chi connectivity index (χ2v) is 3.84. The van der Waals surface area contributed by atoms with Gasteiger partial charge in [-0.05, 0) is 11.8 Å². The maximum absolute atomic E-state index is 11.3. The van der Waals surface area contributed by atoms with Crippen molar-refractivity contribution >= 4 is 5.91 Å². The van der Waals surface area contributed by atoms with E-state index in [1.54, 1.807) is 0 Å². The van der Waals surface area contributed by atoms with Crippen molar-refractivity contribution in [1.82, 2.24) is 4.90 Å². The first-order chi connectivity index (χ1) is 5.65. The largest absolute Gasteiger partial charge is 0.341 e. The molecule has 0 aromatic rings. The molecule has 1 rings (SSSR count). The molecule has 3 nitrogen and oxygen atoms in total. The van der Waals surface area contributed by atoms with Crippen molar-refractivity contribution in [2.24, 2.45) is 17.6 Å². The van der Waals surface area contributed by atoms with Gasteiger partial charge in [-0.2, -0.15) is 0 Å². The van der Waals surface area contributed by atoms with E-state index in [0.29, 0.717) is 18.4 Å². The lowest BCUT2D eigenvalue weighted by Gasteiger charge is -2.16. The molecule has 12 heavy (non-hydrogen) atoms. The molecule has 3 heteroatoms. The smallest absolute Gasteiger partial charge is 0.222 e. The summed E-state index contributed by atoms with van der Waals surface area (Å²) in [6.07, 6.45) is 0.720. The minimum Gasteiger partial charge on any atom is -0.341 e. The number of amides is 1. The molecule has 0 aromatic heterocycles. The molecule has 1 fully saturated rings. The first-order valence-electron chi connectivity index (χ1n) is 4.63. The molecule has 1 saturated heterocycles. The quantitative estimate of drug-likeness (QED) is 0.668. The van der Waals surface area contributed by atoms with Crippen LogP contribution in [-0.2, 0) is 4.79 Å². The van der Waals surface area contributed by atoms with Crippen molar-refractivity contribution in [2.45, 2.75) is 20.3 Å². The fourth-order valence-electron chi connectivity index (χ4n) is 1.62. The molecular formula is C9H18N2O. The van der Waals surface area contributed by atoms with Gasteiger partial charge in [0.2, 0.25) is 5.91 Å². The summed E-state index contributed by atoms with van der Waals surface area (Å²) in [5, 5.41) is 0. The Bertz CT molecular complexity index is 168. The average Bonchev–Trinajstić information content (AvgIpc) is 2.34. The maximum Gasteiger partial charge on any atom is 0.222 e. The van der Waals surface area contributed by atoms with E-state index in [1.165, 1.54) is 0 Å². The Morgan fingerprint density at radius 1 is 1.67 bits per heavy atom. The lowest BCUT2D eigenvalue weighted by molar-refractivity contribution is -0.127. The Kier molecular flexibility index (Phi) is 3.09. The Morgan fingerprint density at radius 2 is 2.33 bits per heavy atom. The summed E-state index contributed by atoms with van der Waals surface area (Å²) in [6, 6.07) is 0. The minimum atomic E-state index is 0.277. The van der Waals surface area contributed by atoms with Crippen molar-refractivity contribution in [3.8, 4) is 0 Å². The Hall–Kier alpha value is -0.570. The van der Waals surface area contributed by atoms with Gasteiger partial charge in [-0.3, -0.25) is 4.79 Å². The summed E-state index contributed by atoms with van der Waals surface area (Å²) in [4.78, 5) is 13.2. The van der Waals surface area contributed by atoms with Gasteiger partial charge in [0.15, 0.2) is 0 Å². The van der Waals surface area contributed by atoms with Gasteiger partial charge >= 0.3 is 0 Å². The summed E-state index contributed by atoms with van der Waals surface area (Å²) in [7, 11) is 0. The van der Waals surface area contributed by atoms with Crippen LogP contribution in [0.2, 0.25) is 0 Å². The Morgan fingerprint density at radius 3 is 2.75 bits per heavy atom. The van der Waals surface area contributed by atoms with E-state index < -0.39 is 0 Å². The summed E-state index contributed by atoms with van der Waals surface area (Å²) in [5.41, 5.74) is 5.40. The van der Waals surface area contributed by atoms with E-state index in [0.717, 1.165) is 19.5 Å². The lowest BCUT2D eigenvalue weighted by Crippen LogP contribution is -2.31. The number of hydrogen-bond acceptors (Lipinski definition) is 2. The third kappa shape index (κ3) is 1.97. The highest BCUT2D eigenvalue weighted by Crippen LogP contribution is 2.23. The second kappa shape index (κ2) is 3.90. The summed E-state index contributed by atoms with van der Waals surface area (Å²) in [5.74, 6) is 1.43. The fraction of sp³-hybridized carbons (Fsp3) is 0.889. The number of nitrogens with two attached hydrogens (primary N) is 1. The first-order valence-corrected chi connectivity index (χ1v) is 4.63. The molecule has 0 spiro atoms. The molecule has 1 unspecified atom stereocenters. The van der Waals surface area contributed by atoms with Crippen LogP contribution in [0.1, 0.15) is 20.3 Å². The molecule has 1 heterocycles. The van der Waals surface area contributed by atoms with Gasteiger partial charge in [0.05, 0.1) is 0 Å². The van der Waals surface area contributed by atoms with E-state index in [2.05, 4.69) is 13.8 Å². The molecule has 1 aliphatic rings. The van der Waals surface area contributed by atoms with Crippen molar-refractivity contribution in [1.29, 1.82) is 0 Å². The van der Waals surface area contributed by atoms with Gasteiger partial charge in [0.1, 0.15) is 0 Å². The Labute approximate surface area is 73.9 Å². The van der Waals surface area contributed by atoms with Crippen LogP contribution in [0.25, 0.3) is 0 Å². The zero-order chi connectivity index (χ0) is 9.14. The lowest BCUT2D eigenvalue weighted by atomic mass is 9.95. The van der Waals surface area contributed by atoms with Crippen LogP contribution in [0, 0.1) is 11.8 Å². The number of rotatable bonds is 3. The zero-order valence-electron chi connectivity index (χ0n) is 7.92. The van der Waals surface area contributed by atoms with E-state index in [-0.39, 0.29) is 5.91 Å². The molecule has 0 radical (unpaired) electrons. The second-order valence-electron chi connectivity index (χ2n) is 3.84. The number of carbonyl (C=O) groups is 1. The molecule has 1 atom stereocenters. The highest BCUT2D eigenvalue weighted by Gasteiger charge is 2.30. The van der Waals surface area contributed by atoms with Gasteiger partial charge < -0.3 is 10.6 Å². The molecule has 2 N–H and O–H groups in total. The normalized spacial score (nSPS) is 24.2.